The summed E-state index contributed by atoms with van der Waals surface area (Å²) in [6.07, 6.45) is -65.7. The van der Waals surface area contributed by atoms with Crippen LogP contribution in [0.5, 0.6) is 11.5 Å². The molecule has 24 N–H and O–H groups in total. The van der Waals surface area contributed by atoms with Gasteiger partial charge in [0.05, 0.1) is 76.6 Å². The number of benzene rings is 1. The number of carbonyl (C=O) groups is 2. The lowest BCUT2D eigenvalue weighted by Crippen LogP contribution is -2.67. The van der Waals surface area contributed by atoms with Crippen LogP contribution in [0.3, 0.4) is 0 Å². The monoisotopic (exact) mass is 1980 g/mol. The van der Waals surface area contributed by atoms with E-state index in [-0.39, 0.29) is 51.1 Å². The molecule has 46 nitrogen and oxygen atoms in total. The summed E-state index contributed by atoms with van der Waals surface area (Å²) in [6.45, 7) is 15.4. The van der Waals surface area contributed by atoms with Crippen LogP contribution in [-0.2, 0) is 99.6 Å². The molecule has 1 aromatic rings. The minimum atomic E-state index is -2.17. The molecule has 46 heteroatoms. The lowest BCUT2D eigenvalue weighted by molar-refractivity contribution is -0.387. The van der Waals surface area contributed by atoms with Crippen LogP contribution in [0, 0.1) is 50.2 Å². The maximum absolute atomic E-state index is 15.5. The maximum Gasteiger partial charge on any atom is 0.331 e. The number of aliphatic hydroxyl groups is 23. The second kappa shape index (κ2) is 42.5. The summed E-state index contributed by atoms with van der Waals surface area (Å²) < 4.78 is 118. The zero-order chi connectivity index (χ0) is 100. The first-order chi connectivity index (χ1) is 65.0. The molecule has 4 saturated carbocycles. The van der Waals surface area contributed by atoms with Crippen molar-refractivity contribution in [1.82, 2.24) is 0 Å². The van der Waals surface area contributed by atoms with Crippen molar-refractivity contribution in [3.63, 3.8) is 0 Å². The number of rotatable bonds is 26. The molecule has 1 aromatic carbocycles. The van der Waals surface area contributed by atoms with Crippen LogP contribution >= 0.6 is 0 Å². The molecule has 138 heavy (non-hydrogen) atoms. The van der Waals surface area contributed by atoms with Gasteiger partial charge in [-0.3, -0.25) is 4.79 Å². The Balaban J connectivity index is 0.563. The van der Waals surface area contributed by atoms with Crippen molar-refractivity contribution in [2.24, 2.45) is 50.2 Å². The molecule has 14 aliphatic rings. The highest BCUT2D eigenvalue weighted by Gasteiger charge is 2.71. The first kappa shape index (κ1) is 108. The normalized spacial score (nSPS) is 50.8. The zero-order valence-electron chi connectivity index (χ0n) is 78.6. The van der Waals surface area contributed by atoms with Crippen LogP contribution in [0.1, 0.15) is 139 Å². The molecule has 0 aromatic heterocycles. The summed E-state index contributed by atoms with van der Waals surface area (Å²) in [5.74, 6) is -2.21. The number of hydrogen-bond acceptors (Lipinski definition) is 46. The quantitative estimate of drug-likeness (QED) is 0.0177. The summed E-state index contributed by atoms with van der Waals surface area (Å²) in [5, 5.41) is 268. The fourth-order valence-corrected chi connectivity index (χ4v) is 24.3. The van der Waals surface area contributed by atoms with Crippen LogP contribution in [-0.4, -0.2) is 451 Å². The first-order valence-electron chi connectivity index (χ1n) is 47.6. The fourth-order valence-electron chi connectivity index (χ4n) is 24.3. The third kappa shape index (κ3) is 20.3. The van der Waals surface area contributed by atoms with Gasteiger partial charge in [-0.25, -0.2) is 4.79 Å². The summed E-state index contributed by atoms with van der Waals surface area (Å²) in [7, 11) is 1.33. The van der Waals surface area contributed by atoms with Crippen LogP contribution < -0.4 is 4.74 Å². The van der Waals surface area contributed by atoms with Crippen molar-refractivity contribution in [3.05, 3.63) is 41.5 Å². The third-order valence-corrected chi connectivity index (χ3v) is 32.9. The van der Waals surface area contributed by atoms with Crippen molar-refractivity contribution in [1.29, 1.82) is 0 Å². The molecule has 5 aliphatic carbocycles. The SMILES string of the molecule is COc1ccc(C=CC(=O)O[C@@H]2[C@@H](O)[C@H](O[C@H]3[C@H](O)[C@@H](O)[C@H](O[C@@H]4CO[C@@H](O[C@@H]5[C@@H](O)[C@H](C)O[C@@H](O[C@H]6[C@H](O[C@H]7CC[C@]8(C)[C@H]9CC=C%10C%11CC(C)(C)CC[C@]%11(C(=O)O[C@@H]%11O[C@H](CO[C@@H]%12O[C@H](CO)[C@@H](O[C@@H]%13O[C@@H](C)[C@H](O)[C@@H](O)[C@H]%13O)[C@H](O)[C@H]%12O)[C@@H](O)[C@H](O)[C@H]%11O)CC[C@@]%10(C)[C@]9(C)CC[C@H]8C7(C)C)OC[C@H](O)[C@@H]6O)[C@@H]5O)[C@H](O)[C@@H]4O)O[C@@H]3CO)O[C@H](CO[C@@H]3O[C@@H](C)[C@H](O)[C@@H](O)[C@H]3O)[C@H]2O)cc1O. The number of aromatic hydroxyl groups is 1. The number of aliphatic hydroxyl groups excluding tert-OH is 23. The van der Waals surface area contributed by atoms with E-state index in [4.69, 9.17) is 94.7 Å². The Hall–Kier alpha value is -4.36. The molecular formula is C92H142O46. The Kier molecular flexibility index (Phi) is 33.2. The van der Waals surface area contributed by atoms with E-state index in [0.717, 1.165) is 24.5 Å². The Morgan fingerprint density at radius 3 is 1.57 bits per heavy atom. The number of methoxy groups -OCH3 is 1. The highest BCUT2D eigenvalue weighted by Crippen LogP contribution is 2.76. The largest absolute Gasteiger partial charge is 0.504 e. The number of carbonyl (C=O) groups excluding carboxylic acids is 2. The molecule has 0 amide bonds. The lowest BCUT2D eigenvalue weighted by Gasteiger charge is -2.71. The van der Waals surface area contributed by atoms with Gasteiger partial charge in [-0.05, 0) is 154 Å². The standard InChI is InChI=1S/C92H142O46/c1-34-52(98)59(105)65(111)77(124-34)121-33-47-58(104)75(133-51(97)17-13-37-12-15-42(119-11)40(95)26-37)71(117)84(131-47)135-73-44(29-94)128-81(69(115)63(73)109)129-46-32-123-79(64(110)57(46)103)136-74-54(100)36(3)126-83(70(74)116)137-76-55(101)41(96)30-120-85(76)132-50-19-20-89(8)48(88(50,6)7)18-21-91(10)49(89)16-14-38-39-27-87(4,5)22-24-92(39,25-23-90(38,91)9)86(118)138-82-67(113)61(107)56(102)45(130-82)31-122-78-68(114)62(108)72(43(28-93)127-78)134-80-66(112)60(106)53(99)35(2)125-80/h12-15,17,26,34-36,39,41,43-50,52-85,93-96,98-117H,16,18-25,27-33H2,1-11H3/t34-,35-,36-,39?,41-,43+,44+,45+,46+,47+,48-,49+,50-,52-,53-,54-,55-,56+,57+,58+,59+,60+,61-,62+,63+,64+,65+,66+,67+,68+,69+,70+,71+,72+,73+,74+,75-,76+,77+,78+,79-,80-,81-,82-,83-,84-,85-,89-,90+,91+,92-/m0/s1. The minimum absolute atomic E-state index is 0.0104. The van der Waals surface area contributed by atoms with Crippen molar-refractivity contribution in [2.75, 3.05) is 46.8 Å². The van der Waals surface area contributed by atoms with Gasteiger partial charge in [0.15, 0.2) is 67.9 Å². The second-order valence-electron chi connectivity index (χ2n) is 42.1. The van der Waals surface area contributed by atoms with E-state index in [1.54, 1.807) is 0 Å². The van der Waals surface area contributed by atoms with Gasteiger partial charge in [-0.2, -0.15) is 0 Å². The predicted molar refractivity (Wildman–Crippen MR) is 457 cm³/mol. The fraction of sp³-hybridized carbons (Fsp3) is 0.870. The van der Waals surface area contributed by atoms with E-state index in [1.807, 2.05) is 0 Å². The highest BCUT2D eigenvalue weighted by atomic mass is 16.8. The molecule has 0 bridgehead atoms. The molecule has 786 valence electrons. The van der Waals surface area contributed by atoms with E-state index in [1.165, 1.54) is 52.2 Å². The maximum atomic E-state index is 15.5. The van der Waals surface area contributed by atoms with Gasteiger partial charge in [0.2, 0.25) is 6.29 Å². The van der Waals surface area contributed by atoms with Crippen molar-refractivity contribution >= 4 is 18.0 Å². The number of esters is 2. The van der Waals surface area contributed by atoms with Crippen LogP contribution in [0.15, 0.2) is 35.9 Å². The second-order valence-corrected chi connectivity index (χ2v) is 42.1. The summed E-state index contributed by atoms with van der Waals surface area (Å²) in [5.41, 5.74) is -1.68. The first-order valence-corrected chi connectivity index (χ1v) is 47.6. The smallest absolute Gasteiger partial charge is 0.331 e. The third-order valence-electron chi connectivity index (χ3n) is 32.9. The van der Waals surface area contributed by atoms with E-state index in [9.17, 15) is 127 Å². The van der Waals surface area contributed by atoms with Gasteiger partial charge in [0.25, 0.3) is 0 Å². The number of ether oxygens (including phenoxy) is 20. The molecule has 9 aliphatic heterocycles. The highest BCUT2D eigenvalue weighted by molar-refractivity contribution is 5.87. The van der Waals surface area contributed by atoms with Crippen LogP contribution in [0.2, 0.25) is 0 Å². The Bertz CT molecular complexity index is 4300. The van der Waals surface area contributed by atoms with E-state index in [2.05, 4.69) is 54.5 Å². The van der Waals surface area contributed by atoms with Gasteiger partial charge >= 0.3 is 11.9 Å². The lowest BCUT2D eigenvalue weighted by atomic mass is 9.33. The van der Waals surface area contributed by atoms with Crippen molar-refractivity contribution < 1.29 is 227 Å². The molecule has 9 heterocycles. The summed E-state index contributed by atoms with van der Waals surface area (Å²) >= 11 is 0. The predicted octanol–water partition coefficient (Wildman–Crippen LogP) is -6.57. The van der Waals surface area contributed by atoms with Gasteiger partial charge in [0.1, 0.15) is 183 Å². The summed E-state index contributed by atoms with van der Waals surface area (Å²) in [6, 6.07) is 4.16. The molecule has 13 fully saturated rings. The molecule has 9 saturated heterocycles. The average Bonchev–Trinajstić information content (AvgIpc) is 0.672. The molecule has 1 unspecified atom stereocenters. The molecule has 51 atom stereocenters. The molecule has 0 spiro atoms. The van der Waals surface area contributed by atoms with E-state index in [0.29, 0.717) is 51.4 Å². The van der Waals surface area contributed by atoms with Crippen molar-refractivity contribution in [3.8, 4) is 11.5 Å². The van der Waals surface area contributed by atoms with Crippen LogP contribution in [0.4, 0.5) is 0 Å². The van der Waals surface area contributed by atoms with E-state index >= 15 is 4.79 Å². The topological polar surface area (TPSA) is 704 Å². The van der Waals surface area contributed by atoms with Gasteiger partial charge in [0, 0.05) is 6.08 Å². The Morgan fingerprint density at radius 1 is 0.435 bits per heavy atom. The summed E-state index contributed by atoms with van der Waals surface area (Å²) in [4.78, 5) is 28.9. The number of phenolic OH excluding ortho intramolecular Hbond substituents is 1. The Labute approximate surface area is 795 Å². The number of fused-ring (bicyclic) bond motifs is 7. The Morgan fingerprint density at radius 2 is 0.935 bits per heavy atom. The number of phenols is 1. The average molecular weight is 1980 g/mol. The van der Waals surface area contributed by atoms with Gasteiger partial charge < -0.3 is 217 Å². The van der Waals surface area contributed by atoms with Crippen LogP contribution in [0.25, 0.3) is 6.08 Å². The number of allylic oxidation sites excluding steroid dienone is 2. The van der Waals surface area contributed by atoms with E-state index < -0.39 is 338 Å². The van der Waals surface area contributed by atoms with Gasteiger partial charge in [-0.1, -0.05) is 66.2 Å². The molecule has 15 rings (SSSR count). The van der Waals surface area contributed by atoms with Crippen molar-refractivity contribution in [2.45, 2.75) is 404 Å². The molecular weight excluding hydrogens is 1840 g/mol. The molecule has 0 radical (unpaired) electrons. The number of hydrogen-bond donors (Lipinski definition) is 24. The minimum Gasteiger partial charge on any atom is -0.504 e. The zero-order valence-corrected chi connectivity index (χ0v) is 78.6. The van der Waals surface area contributed by atoms with Gasteiger partial charge in [-0.15, -0.1) is 0 Å².